The van der Waals surface area contributed by atoms with Gasteiger partial charge in [-0.05, 0) is 26.2 Å². The molecule has 6 nitrogen and oxygen atoms in total. The van der Waals surface area contributed by atoms with Gasteiger partial charge in [-0.15, -0.1) is 0 Å². The Morgan fingerprint density at radius 3 is 2.33 bits per heavy atom. The molecular formula is C15H28N6. The van der Waals surface area contributed by atoms with Gasteiger partial charge in [0, 0.05) is 26.2 Å². The molecule has 0 radical (unpaired) electrons. The van der Waals surface area contributed by atoms with Crippen molar-refractivity contribution in [3.8, 4) is 0 Å². The zero-order valence-electron chi connectivity index (χ0n) is 13.7. The van der Waals surface area contributed by atoms with Gasteiger partial charge in [0.25, 0.3) is 0 Å². The first-order valence-electron chi connectivity index (χ1n) is 7.98. The molecule has 1 fully saturated rings. The largest absolute Gasteiger partial charge is 0.354 e. The van der Waals surface area contributed by atoms with Crippen LogP contribution >= 0.6 is 0 Å². The normalized spacial score (nSPS) is 17.3. The highest BCUT2D eigenvalue weighted by molar-refractivity contribution is 5.44. The van der Waals surface area contributed by atoms with E-state index in [1.54, 1.807) is 0 Å². The molecule has 0 saturated heterocycles. The molecule has 0 bridgehead atoms. The monoisotopic (exact) mass is 292 g/mol. The van der Waals surface area contributed by atoms with E-state index in [9.17, 15) is 0 Å². The number of aromatic nitrogens is 3. The summed E-state index contributed by atoms with van der Waals surface area (Å²) in [6.45, 7) is 5.27. The van der Waals surface area contributed by atoms with Gasteiger partial charge in [0.05, 0.1) is 0 Å². The summed E-state index contributed by atoms with van der Waals surface area (Å²) in [6.07, 6.45) is 7.28. The van der Waals surface area contributed by atoms with Crippen LogP contribution in [0.1, 0.15) is 52.4 Å². The number of hydrogen-bond acceptors (Lipinski definition) is 6. The van der Waals surface area contributed by atoms with E-state index in [2.05, 4.69) is 39.4 Å². The SMILES string of the molecule is CCCNc1nc(NC2(C)CCCCC2)nc(N(C)C)n1. The summed E-state index contributed by atoms with van der Waals surface area (Å²) in [5, 5.41) is 6.79. The molecule has 6 heteroatoms. The molecule has 0 spiro atoms. The van der Waals surface area contributed by atoms with Crippen molar-refractivity contribution in [3.63, 3.8) is 0 Å². The Morgan fingerprint density at radius 2 is 1.71 bits per heavy atom. The van der Waals surface area contributed by atoms with E-state index in [1.165, 1.54) is 32.1 Å². The van der Waals surface area contributed by atoms with Gasteiger partial charge in [-0.25, -0.2) is 0 Å². The average Bonchev–Trinajstić information content (AvgIpc) is 2.45. The molecule has 0 unspecified atom stereocenters. The lowest BCUT2D eigenvalue weighted by atomic mass is 9.83. The minimum atomic E-state index is 0.102. The van der Waals surface area contributed by atoms with Crippen molar-refractivity contribution < 1.29 is 0 Å². The molecule has 21 heavy (non-hydrogen) atoms. The zero-order chi connectivity index (χ0) is 15.3. The second-order valence-electron chi connectivity index (χ2n) is 6.35. The van der Waals surface area contributed by atoms with Gasteiger partial charge in [0.2, 0.25) is 17.8 Å². The van der Waals surface area contributed by atoms with Crippen LogP contribution in [0.15, 0.2) is 0 Å². The number of anilines is 3. The van der Waals surface area contributed by atoms with Crippen molar-refractivity contribution in [2.24, 2.45) is 0 Å². The van der Waals surface area contributed by atoms with Gasteiger partial charge in [-0.2, -0.15) is 15.0 Å². The highest BCUT2D eigenvalue weighted by Crippen LogP contribution is 2.30. The van der Waals surface area contributed by atoms with Crippen LogP contribution in [0, 0.1) is 0 Å². The molecular weight excluding hydrogens is 264 g/mol. The van der Waals surface area contributed by atoms with Crippen molar-refractivity contribution in [2.45, 2.75) is 57.9 Å². The average molecular weight is 292 g/mol. The van der Waals surface area contributed by atoms with Crippen molar-refractivity contribution in [1.82, 2.24) is 15.0 Å². The lowest BCUT2D eigenvalue weighted by Crippen LogP contribution is -2.37. The smallest absolute Gasteiger partial charge is 0.231 e. The second kappa shape index (κ2) is 6.91. The Balaban J connectivity index is 2.18. The summed E-state index contributed by atoms with van der Waals surface area (Å²) < 4.78 is 0. The van der Waals surface area contributed by atoms with Crippen LogP contribution in [0.3, 0.4) is 0 Å². The van der Waals surface area contributed by atoms with E-state index in [0.29, 0.717) is 17.8 Å². The lowest BCUT2D eigenvalue weighted by molar-refractivity contribution is 0.347. The number of rotatable bonds is 6. The molecule has 1 saturated carbocycles. The van der Waals surface area contributed by atoms with Gasteiger partial charge < -0.3 is 15.5 Å². The number of nitrogens with zero attached hydrogens (tertiary/aromatic N) is 4. The Bertz CT molecular complexity index is 453. The summed E-state index contributed by atoms with van der Waals surface area (Å²) >= 11 is 0. The van der Waals surface area contributed by atoms with Crippen LogP contribution in [0.25, 0.3) is 0 Å². The molecule has 2 rings (SSSR count). The zero-order valence-corrected chi connectivity index (χ0v) is 13.7. The minimum absolute atomic E-state index is 0.102. The van der Waals surface area contributed by atoms with Crippen molar-refractivity contribution in [2.75, 3.05) is 36.2 Å². The van der Waals surface area contributed by atoms with E-state index < -0.39 is 0 Å². The molecule has 0 atom stereocenters. The third kappa shape index (κ3) is 4.44. The first-order valence-corrected chi connectivity index (χ1v) is 7.98. The van der Waals surface area contributed by atoms with Gasteiger partial charge >= 0.3 is 0 Å². The van der Waals surface area contributed by atoms with Crippen molar-refractivity contribution in [1.29, 1.82) is 0 Å². The predicted molar refractivity (Wildman–Crippen MR) is 88.0 cm³/mol. The Hall–Kier alpha value is -1.59. The fourth-order valence-electron chi connectivity index (χ4n) is 2.66. The predicted octanol–water partition coefficient (Wildman–Crippen LogP) is 2.89. The second-order valence-corrected chi connectivity index (χ2v) is 6.35. The van der Waals surface area contributed by atoms with Crippen molar-refractivity contribution in [3.05, 3.63) is 0 Å². The van der Waals surface area contributed by atoms with Crippen LogP contribution in [-0.4, -0.2) is 41.1 Å². The van der Waals surface area contributed by atoms with E-state index in [1.807, 2.05) is 19.0 Å². The first kappa shape index (κ1) is 15.8. The van der Waals surface area contributed by atoms with Crippen LogP contribution in [0.5, 0.6) is 0 Å². The fourth-order valence-corrected chi connectivity index (χ4v) is 2.66. The lowest BCUT2D eigenvalue weighted by Gasteiger charge is -2.34. The fraction of sp³-hybridized carbons (Fsp3) is 0.800. The van der Waals surface area contributed by atoms with Crippen LogP contribution < -0.4 is 15.5 Å². The summed E-state index contributed by atoms with van der Waals surface area (Å²) in [5.41, 5.74) is 0.102. The van der Waals surface area contributed by atoms with Gasteiger partial charge in [0.15, 0.2) is 0 Å². The number of hydrogen-bond donors (Lipinski definition) is 2. The minimum Gasteiger partial charge on any atom is -0.354 e. The molecule has 0 aliphatic heterocycles. The highest BCUT2D eigenvalue weighted by atomic mass is 15.3. The Labute approximate surface area is 127 Å². The number of nitrogens with one attached hydrogen (secondary N) is 2. The van der Waals surface area contributed by atoms with E-state index in [-0.39, 0.29) is 5.54 Å². The van der Waals surface area contributed by atoms with E-state index in [0.717, 1.165) is 13.0 Å². The van der Waals surface area contributed by atoms with Crippen molar-refractivity contribution >= 4 is 17.8 Å². The summed E-state index contributed by atoms with van der Waals surface area (Å²) in [6, 6.07) is 0. The maximum atomic E-state index is 4.53. The molecule has 0 aromatic carbocycles. The van der Waals surface area contributed by atoms with Crippen LogP contribution in [-0.2, 0) is 0 Å². The topological polar surface area (TPSA) is 66.0 Å². The summed E-state index contributed by atoms with van der Waals surface area (Å²) in [4.78, 5) is 15.4. The van der Waals surface area contributed by atoms with Gasteiger partial charge in [0.1, 0.15) is 0 Å². The molecule has 118 valence electrons. The van der Waals surface area contributed by atoms with E-state index >= 15 is 0 Å². The third-order valence-electron chi connectivity index (χ3n) is 3.93. The maximum Gasteiger partial charge on any atom is 0.231 e. The van der Waals surface area contributed by atoms with Crippen LogP contribution in [0.4, 0.5) is 17.8 Å². The quantitative estimate of drug-likeness (QED) is 0.840. The first-order chi connectivity index (χ1) is 10.0. The maximum absolute atomic E-state index is 4.53. The van der Waals surface area contributed by atoms with Crippen LogP contribution in [0.2, 0.25) is 0 Å². The van der Waals surface area contributed by atoms with Gasteiger partial charge in [-0.1, -0.05) is 26.2 Å². The molecule has 1 heterocycles. The van der Waals surface area contributed by atoms with E-state index in [4.69, 9.17) is 0 Å². The molecule has 1 aliphatic rings. The molecule has 1 aromatic rings. The Kier molecular flexibility index (Phi) is 5.20. The summed E-state index contributed by atoms with van der Waals surface area (Å²) in [7, 11) is 3.90. The molecule has 2 N–H and O–H groups in total. The molecule has 0 amide bonds. The standard InChI is InChI=1S/C15H28N6/c1-5-11-16-12-17-13(19-14(18-12)21(3)4)20-15(2)9-7-6-8-10-15/h5-11H2,1-4H3,(H2,16,17,18,19,20). The Morgan fingerprint density at radius 1 is 1.05 bits per heavy atom. The highest BCUT2D eigenvalue weighted by Gasteiger charge is 2.27. The van der Waals surface area contributed by atoms with Gasteiger partial charge in [-0.3, -0.25) is 0 Å². The molecule has 1 aromatic heterocycles. The molecule has 1 aliphatic carbocycles. The third-order valence-corrected chi connectivity index (χ3v) is 3.93. The summed E-state index contributed by atoms with van der Waals surface area (Å²) in [5.74, 6) is 2.01.